The van der Waals surface area contributed by atoms with E-state index in [1.165, 1.54) is 50.2 Å². The molecule has 0 bridgehead atoms. The largest absolute Gasteiger partial charge is 0.207 e. The molecule has 0 aliphatic heterocycles. The maximum atomic E-state index is 12.9. The molecule has 23 heavy (non-hydrogen) atoms. The predicted octanol–water partition coefficient (Wildman–Crippen LogP) is 5.98. The Kier molecular flexibility index (Phi) is 7.60. The van der Waals surface area contributed by atoms with E-state index in [0.29, 0.717) is 0 Å². The standard InChI is InChI=1S/C21H26FN/c22-21-15-13-20(14-16-21)12-11-19-9-7-18(8-10-19)6-4-2-1-3-5-17-23/h1-3,5,13-16,18-19H,4,6-12H2/b2-1+,5-3+. The predicted molar refractivity (Wildman–Crippen MR) is 93.3 cm³/mol. The highest BCUT2D eigenvalue weighted by Gasteiger charge is 2.20. The second-order valence-corrected chi connectivity index (χ2v) is 6.55. The van der Waals surface area contributed by atoms with Gasteiger partial charge in [-0.2, -0.15) is 5.26 Å². The average Bonchev–Trinajstić information content (AvgIpc) is 2.58. The van der Waals surface area contributed by atoms with Gasteiger partial charge >= 0.3 is 0 Å². The molecule has 2 heteroatoms. The van der Waals surface area contributed by atoms with Crippen molar-refractivity contribution in [1.29, 1.82) is 5.26 Å². The fourth-order valence-corrected chi connectivity index (χ4v) is 3.44. The van der Waals surface area contributed by atoms with E-state index < -0.39 is 0 Å². The van der Waals surface area contributed by atoms with E-state index >= 15 is 0 Å². The fraction of sp³-hybridized carbons (Fsp3) is 0.476. The molecule has 0 aromatic heterocycles. The van der Waals surface area contributed by atoms with Gasteiger partial charge in [-0.25, -0.2) is 4.39 Å². The van der Waals surface area contributed by atoms with Gasteiger partial charge in [0.15, 0.2) is 0 Å². The molecule has 0 spiro atoms. The highest BCUT2D eigenvalue weighted by Crippen LogP contribution is 2.33. The molecule has 1 saturated carbocycles. The van der Waals surface area contributed by atoms with Crippen LogP contribution in [0.3, 0.4) is 0 Å². The minimum absolute atomic E-state index is 0.147. The van der Waals surface area contributed by atoms with Crippen LogP contribution in [0.2, 0.25) is 0 Å². The quantitative estimate of drug-likeness (QED) is 0.449. The number of halogens is 1. The van der Waals surface area contributed by atoms with Gasteiger partial charge in [-0.3, -0.25) is 0 Å². The second-order valence-electron chi connectivity index (χ2n) is 6.55. The Morgan fingerprint density at radius 3 is 2.30 bits per heavy atom. The number of rotatable bonds is 7. The smallest absolute Gasteiger partial charge is 0.123 e. The highest BCUT2D eigenvalue weighted by molar-refractivity contribution is 5.16. The van der Waals surface area contributed by atoms with Crippen molar-refractivity contribution in [3.8, 4) is 6.07 Å². The van der Waals surface area contributed by atoms with Crippen molar-refractivity contribution in [2.24, 2.45) is 11.8 Å². The van der Waals surface area contributed by atoms with E-state index in [4.69, 9.17) is 5.26 Å². The normalized spacial score (nSPS) is 21.7. The number of hydrogen-bond donors (Lipinski definition) is 0. The fourth-order valence-electron chi connectivity index (χ4n) is 3.44. The third kappa shape index (κ3) is 6.82. The molecule has 1 nitrogen and oxygen atoms in total. The molecule has 0 atom stereocenters. The lowest BCUT2D eigenvalue weighted by molar-refractivity contribution is 0.254. The monoisotopic (exact) mass is 311 g/mol. The van der Waals surface area contributed by atoms with Crippen molar-refractivity contribution in [2.75, 3.05) is 0 Å². The van der Waals surface area contributed by atoms with Gasteiger partial charge in [0.1, 0.15) is 5.82 Å². The first-order valence-corrected chi connectivity index (χ1v) is 8.73. The summed E-state index contributed by atoms with van der Waals surface area (Å²) in [5, 5.41) is 8.39. The Morgan fingerprint density at radius 2 is 1.65 bits per heavy atom. The van der Waals surface area contributed by atoms with Crippen LogP contribution in [0.1, 0.15) is 50.5 Å². The van der Waals surface area contributed by atoms with Gasteiger partial charge in [-0.15, -0.1) is 0 Å². The molecule has 0 heterocycles. The summed E-state index contributed by atoms with van der Waals surface area (Å²) in [6.45, 7) is 0. The number of allylic oxidation sites excluding steroid dienone is 4. The zero-order chi connectivity index (χ0) is 16.3. The molecule has 1 aromatic rings. The van der Waals surface area contributed by atoms with Gasteiger partial charge in [0.2, 0.25) is 0 Å². The van der Waals surface area contributed by atoms with Crippen molar-refractivity contribution in [1.82, 2.24) is 0 Å². The minimum Gasteiger partial charge on any atom is -0.207 e. The van der Waals surface area contributed by atoms with Crippen molar-refractivity contribution < 1.29 is 4.39 Å². The number of hydrogen-bond acceptors (Lipinski definition) is 1. The van der Waals surface area contributed by atoms with E-state index in [-0.39, 0.29) is 5.82 Å². The molecular weight excluding hydrogens is 285 g/mol. The molecular formula is C21H26FN. The van der Waals surface area contributed by atoms with Crippen LogP contribution in [0.4, 0.5) is 4.39 Å². The number of benzene rings is 1. The van der Waals surface area contributed by atoms with Crippen LogP contribution < -0.4 is 0 Å². The number of nitriles is 1. The zero-order valence-corrected chi connectivity index (χ0v) is 13.8. The number of nitrogens with zero attached hydrogens (tertiary/aromatic N) is 1. The summed E-state index contributed by atoms with van der Waals surface area (Å²) in [7, 11) is 0. The molecule has 1 fully saturated rings. The molecule has 0 unspecified atom stereocenters. The van der Waals surface area contributed by atoms with Crippen molar-refractivity contribution in [2.45, 2.75) is 51.4 Å². The molecule has 0 amide bonds. The summed E-state index contributed by atoms with van der Waals surface area (Å²) in [5.74, 6) is 1.55. The van der Waals surface area contributed by atoms with Crippen molar-refractivity contribution in [3.05, 3.63) is 60.0 Å². The Labute approximate surface area is 139 Å². The lowest BCUT2D eigenvalue weighted by Gasteiger charge is -2.28. The Bertz CT molecular complexity index is 542. The van der Waals surface area contributed by atoms with E-state index in [1.807, 2.05) is 24.3 Å². The summed E-state index contributed by atoms with van der Waals surface area (Å²) in [6.07, 6.45) is 17.5. The van der Waals surface area contributed by atoms with Crippen LogP contribution in [0, 0.1) is 29.0 Å². The lowest BCUT2D eigenvalue weighted by Crippen LogP contribution is -2.15. The average molecular weight is 311 g/mol. The van der Waals surface area contributed by atoms with Crippen molar-refractivity contribution in [3.63, 3.8) is 0 Å². The summed E-state index contributed by atoms with van der Waals surface area (Å²) in [5.41, 5.74) is 1.25. The molecule has 0 N–H and O–H groups in total. The van der Waals surface area contributed by atoms with Gasteiger partial charge in [0, 0.05) is 6.08 Å². The molecule has 1 aliphatic carbocycles. The van der Waals surface area contributed by atoms with Gasteiger partial charge in [0.25, 0.3) is 0 Å². The van der Waals surface area contributed by atoms with Crippen molar-refractivity contribution >= 4 is 0 Å². The van der Waals surface area contributed by atoms with Crippen LogP contribution >= 0.6 is 0 Å². The molecule has 122 valence electrons. The van der Waals surface area contributed by atoms with Gasteiger partial charge in [-0.1, -0.05) is 56.0 Å². The van der Waals surface area contributed by atoms with Crippen LogP contribution in [-0.2, 0) is 6.42 Å². The Morgan fingerprint density at radius 1 is 1.00 bits per heavy atom. The molecule has 1 aromatic carbocycles. The second kappa shape index (κ2) is 10.0. The van der Waals surface area contributed by atoms with Crippen LogP contribution in [0.5, 0.6) is 0 Å². The summed E-state index contributed by atoms with van der Waals surface area (Å²) in [4.78, 5) is 0. The van der Waals surface area contributed by atoms with Gasteiger partial charge < -0.3 is 0 Å². The maximum absolute atomic E-state index is 12.9. The summed E-state index contributed by atoms with van der Waals surface area (Å²) >= 11 is 0. The molecule has 2 rings (SSSR count). The molecule has 0 saturated heterocycles. The van der Waals surface area contributed by atoms with Gasteiger partial charge in [0.05, 0.1) is 6.07 Å². The lowest BCUT2D eigenvalue weighted by atomic mass is 9.78. The third-order valence-corrected chi connectivity index (χ3v) is 4.88. The molecule has 1 aliphatic rings. The number of aryl methyl sites for hydroxylation is 1. The third-order valence-electron chi connectivity index (χ3n) is 4.88. The van der Waals surface area contributed by atoms with E-state index in [1.54, 1.807) is 18.2 Å². The minimum atomic E-state index is -0.147. The van der Waals surface area contributed by atoms with Crippen LogP contribution in [-0.4, -0.2) is 0 Å². The SMILES string of the molecule is N#C/C=C/C=C/CCC1CCC(CCc2ccc(F)cc2)CC1. The first kappa shape index (κ1) is 17.5. The molecule has 0 radical (unpaired) electrons. The Hall–Kier alpha value is -1.88. The first-order valence-electron chi connectivity index (χ1n) is 8.73. The Balaban J connectivity index is 1.60. The highest BCUT2D eigenvalue weighted by atomic mass is 19.1. The van der Waals surface area contributed by atoms with E-state index in [9.17, 15) is 4.39 Å². The van der Waals surface area contributed by atoms with E-state index in [0.717, 1.165) is 24.7 Å². The van der Waals surface area contributed by atoms with Crippen LogP contribution in [0.15, 0.2) is 48.6 Å². The topological polar surface area (TPSA) is 23.8 Å². The summed E-state index contributed by atoms with van der Waals surface area (Å²) < 4.78 is 12.9. The van der Waals surface area contributed by atoms with Crippen LogP contribution in [0.25, 0.3) is 0 Å². The first-order chi connectivity index (χ1) is 11.3. The maximum Gasteiger partial charge on any atom is 0.123 e. The zero-order valence-electron chi connectivity index (χ0n) is 13.8. The van der Waals surface area contributed by atoms with E-state index in [2.05, 4.69) is 6.08 Å². The summed E-state index contributed by atoms with van der Waals surface area (Å²) in [6, 6.07) is 8.93. The van der Waals surface area contributed by atoms with Gasteiger partial charge in [-0.05, 0) is 55.2 Å².